The molecule has 0 radical (unpaired) electrons. The summed E-state index contributed by atoms with van der Waals surface area (Å²) in [5.74, 6) is 0.682. The zero-order valence-corrected chi connectivity index (χ0v) is 15.4. The average molecular weight is 342 g/mol. The Morgan fingerprint density at radius 3 is 2.36 bits per heavy atom. The lowest BCUT2D eigenvalue weighted by Crippen LogP contribution is -2.41. The summed E-state index contributed by atoms with van der Waals surface area (Å²) < 4.78 is 29.7. The highest BCUT2D eigenvalue weighted by Gasteiger charge is 2.32. The molecule has 6 nitrogen and oxygen atoms in total. The molecule has 2 heterocycles. The van der Waals surface area contributed by atoms with Crippen LogP contribution in [0.4, 0.5) is 0 Å². The molecule has 0 atom stereocenters. The molecule has 2 aromatic heterocycles. The summed E-state index contributed by atoms with van der Waals surface area (Å²) in [4.78, 5) is 9.70. The Balaban J connectivity index is 2.34. The minimum absolute atomic E-state index is 0.0462. The molecule has 0 bridgehead atoms. The second-order valence-corrected chi connectivity index (χ2v) is 8.64. The smallest absolute Gasteiger partial charge is 0.260 e. The molecule has 0 unspecified atom stereocenters. The fourth-order valence-electron chi connectivity index (χ4n) is 2.10. The molecule has 0 spiro atoms. The van der Waals surface area contributed by atoms with Crippen LogP contribution in [-0.4, -0.2) is 23.0 Å². The largest absolute Gasteiger partial charge is 0.334 e. The van der Waals surface area contributed by atoms with Gasteiger partial charge in [0.25, 0.3) is 10.0 Å². The van der Waals surface area contributed by atoms with Gasteiger partial charge in [-0.2, -0.15) is 4.72 Å². The topological polar surface area (TPSA) is 76.9 Å². The van der Waals surface area contributed by atoms with Crippen LogP contribution in [0.2, 0.25) is 0 Å². The van der Waals surface area contributed by atoms with Crippen LogP contribution < -0.4 is 4.72 Å². The van der Waals surface area contributed by atoms with Gasteiger partial charge in [0.1, 0.15) is 10.8 Å². The summed E-state index contributed by atoms with van der Waals surface area (Å²) in [6.07, 6.45) is 1.56. The van der Waals surface area contributed by atoms with Crippen molar-refractivity contribution in [2.75, 3.05) is 0 Å². The van der Waals surface area contributed by atoms with E-state index >= 15 is 0 Å². The quantitative estimate of drug-likeness (QED) is 0.906. The van der Waals surface area contributed by atoms with E-state index in [0.29, 0.717) is 12.4 Å². The van der Waals surface area contributed by atoms with Gasteiger partial charge in [-0.25, -0.2) is 18.4 Å². The van der Waals surface area contributed by atoms with E-state index in [1.807, 2.05) is 34.6 Å². The summed E-state index contributed by atoms with van der Waals surface area (Å²) in [5.41, 5.74) is 0.144. The second kappa shape index (κ2) is 5.75. The van der Waals surface area contributed by atoms with E-state index < -0.39 is 15.6 Å². The first-order valence-corrected chi connectivity index (χ1v) is 9.39. The van der Waals surface area contributed by atoms with Crippen molar-refractivity contribution in [3.63, 3.8) is 0 Å². The van der Waals surface area contributed by atoms with E-state index in [9.17, 15) is 8.42 Å². The molecular weight excluding hydrogens is 320 g/mol. The van der Waals surface area contributed by atoms with Crippen molar-refractivity contribution in [1.29, 1.82) is 0 Å². The molecule has 122 valence electrons. The highest BCUT2D eigenvalue weighted by atomic mass is 32.2. The molecule has 0 aromatic carbocycles. The van der Waals surface area contributed by atoms with Crippen LogP contribution >= 0.6 is 11.3 Å². The first-order valence-electron chi connectivity index (χ1n) is 7.09. The van der Waals surface area contributed by atoms with Crippen molar-refractivity contribution in [1.82, 2.24) is 19.3 Å². The van der Waals surface area contributed by atoms with E-state index in [4.69, 9.17) is 0 Å². The molecule has 0 fully saturated rings. The lowest BCUT2D eigenvalue weighted by molar-refractivity contribution is 0.468. The Hall–Kier alpha value is -1.25. The standard InChI is InChI=1S/C14H22N4O2S2/c1-7-18-8-12(16-11(18)4)22(19,20)17-14(5,6)13-15-9(2)10(3)21-13/h8,17H,7H2,1-6H3. The number of aromatic nitrogens is 3. The lowest BCUT2D eigenvalue weighted by Gasteiger charge is -2.22. The number of rotatable bonds is 5. The summed E-state index contributed by atoms with van der Waals surface area (Å²) in [7, 11) is -3.70. The van der Waals surface area contributed by atoms with Gasteiger partial charge in [-0.15, -0.1) is 11.3 Å². The van der Waals surface area contributed by atoms with Gasteiger partial charge in [-0.3, -0.25) is 0 Å². The third-order valence-electron chi connectivity index (χ3n) is 3.52. The van der Waals surface area contributed by atoms with E-state index in [-0.39, 0.29) is 5.03 Å². The van der Waals surface area contributed by atoms with Gasteiger partial charge in [-0.1, -0.05) is 0 Å². The Morgan fingerprint density at radius 2 is 1.91 bits per heavy atom. The van der Waals surface area contributed by atoms with E-state index in [1.54, 1.807) is 17.7 Å². The summed E-state index contributed by atoms with van der Waals surface area (Å²) in [6.45, 7) is 11.9. The van der Waals surface area contributed by atoms with Crippen LogP contribution in [-0.2, 0) is 22.1 Å². The first kappa shape index (κ1) is 17.1. The number of imidazole rings is 1. The van der Waals surface area contributed by atoms with Gasteiger partial charge >= 0.3 is 0 Å². The molecule has 0 saturated carbocycles. The maximum Gasteiger partial charge on any atom is 0.260 e. The van der Waals surface area contributed by atoms with Crippen LogP contribution in [0.3, 0.4) is 0 Å². The molecule has 0 aliphatic rings. The van der Waals surface area contributed by atoms with Crippen molar-refractivity contribution in [2.24, 2.45) is 0 Å². The number of hydrogen-bond donors (Lipinski definition) is 1. The van der Waals surface area contributed by atoms with Gasteiger partial charge in [0.15, 0.2) is 5.03 Å². The molecule has 0 amide bonds. The third kappa shape index (κ3) is 3.23. The molecule has 1 N–H and O–H groups in total. The average Bonchev–Trinajstić information content (AvgIpc) is 2.93. The molecule has 22 heavy (non-hydrogen) atoms. The number of hydrogen-bond acceptors (Lipinski definition) is 5. The normalized spacial score (nSPS) is 12.8. The number of nitrogens with one attached hydrogen (secondary N) is 1. The van der Waals surface area contributed by atoms with Crippen LogP contribution in [0, 0.1) is 20.8 Å². The van der Waals surface area contributed by atoms with Crippen LogP contribution in [0.25, 0.3) is 0 Å². The van der Waals surface area contributed by atoms with E-state index in [0.717, 1.165) is 15.6 Å². The van der Waals surface area contributed by atoms with Gasteiger partial charge < -0.3 is 4.57 Å². The fraction of sp³-hybridized carbons (Fsp3) is 0.571. The lowest BCUT2D eigenvalue weighted by atomic mass is 10.1. The van der Waals surface area contributed by atoms with Crippen molar-refractivity contribution < 1.29 is 8.42 Å². The predicted octanol–water partition coefficient (Wildman–Crippen LogP) is 2.50. The summed E-state index contributed by atoms with van der Waals surface area (Å²) >= 11 is 1.51. The number of aryl methyl sites for hydroxylation is 4. The highest BCUT2D eigenvalue weighted by Crippen LogP contribution is 2.28. The zero-order chi connectivity index (χ0) is 16.7. The van der Waals surface area contributed by atoms with Crippen molar-refractivity contribution in [3.8, 4) is 0 Å². The molecule has 2 rings (SSSR count). The summed E-state index contributed by atoms with van der Waals surface area (Å²) in [6, 6.07) is 0. The highest BCUT2D eigenvalue weighted by molar-refractivity contribution is 7.89. The second-order valence-electron chi connectivity index (χ2n) is 5.80. The minimum Gasteiger partial charge on any atom is -0.334 e. The molecule has 8 heteroatoms. The van der Waals surface area contributed by atoms with E-state index in [2.05, 4.69) is 14.7 Å². The Labute approximate surface area is 135 Å². The Kier molecular flexibility index (Phi) is 4.47. The molecule has 2 aromatic rings. The number of thiazole rings is 1. The number of sulfonamides is 1. The summed E-state index contributed by atoms with van der Waals surface area (Å²) in [5, 5.41) is 0.794. The van der Waals surface area contributed by atoms with Gasteiger partial charge in [0.2, 0.25) is 0 Å². The maximum atomic E-state index is 12.6. The first-order chi connectivity index (χ1) is 10.1. The van der Waals surface area contributed by atoms with Gasteiger partial charge in [0, 0.05) is 17.6 Å². The maximum absolute atomic E-state index is 12.6. The number of nitrogens with zero attached hydrogens (tertiary/aromatic N) is 3. The van der Waals surface area contributed by atoms with Crippen LogP contribution in [0.5, 0.6) is 0 Å². The van der Waals surface area contributed by atoms with Crippen molar-refractivity contribution >= 4 is 21.4 Å². The van der Waals surface area contributed by atoms with Gasteiger partial charge in [-0.05, 0) is 41.5 Å². The van der Waals surface area contributed by atoms with Crippen LogP contribution in [0.1, 0.15) is 42.2 Å². The molecule has 0 saturated heterocycles. The molecule has 0 aliphatic heterocycles. The van der Waals surface area contributed by atoms with Crippen molar-refractivity contribution in [3.05, 3.63) is 27.6 Å². The monoisotopic (exact) mass is 342 g/mol. The molecular formula is C14H22N4O2S2. The SMILES string of the molecule is CCn1cc(S(=O)(=O)NC(C)(C)c2nc(C)c(C)s2)nc1C. The Morgan fingerprint density at radius 1 is 1.27 bits per heavy atom. The van der Waals surface area contributed by atoms with Crippen LogP contribution in [0.15, 0.2) is 11.2 Å². The zero-order valence-electron chi connectivity index (χ0n) is 13.8. The predicted molar refractivity (Wildman–Crippen MR) is 87.6 cm³/mol. The minimum atomic E-state index is -3.70. The fourth-order valence-corrected chi connectivity index (χ4v) is 4.53. The molecule has 0 aliphatic carbocycles. The third-order valence-corrected chi connectivity index (χ3v) is 6.45. The Bertz CT molecular complexity index is 768. The van der Waals surface area contributed by atoms with Gasteiger partial charge in [0.05, 0.1) is 11.2 Å². The van der Waals surface area contributed by atoms with Crippen molar-refractivity contribution in [2.45, 2.75) is 58.7 Å². The van der Waals surface area contributed by atoms with E-state index in [1.165, 1.54) is 11.3 Å².